The van der Waals surface area contributed by atoms with Gasteiger partial charge in [0.05, 0.1) is 6.20 Å². The van der Waals surface area contributed by atoms with Crippen LogP contribution in [0.25, 0.3) is 0 Å². The largest absolute Gasteiger partial charge is 0.503 e. The second-order valence-electron chi connectivity index (χ2n) is 1.57. The Labute approximate surface area is 52.1 Å². The maximum absolute atomic E-state index is 8.82. The highest BCUT2D eigenvalue weighted by Crippen LogP contribution is 2.14. The van der Waals surface area contributed by atoms with Gasteiger partial charge >= 0.3 is 0 Å². The molecule has 0 fully saturated rings. The van der Waals surface area contributed by atoms with Gasteiger partial charge < -0.3 is 16.3 Å². The number of nitrogen functional groups attached to an aromatic ring is 1. The summed E-state index contributed by atoms with van der Waals surface area (Å²) in [6.45, 7) is 0. The molecule has 0 spiro atoms. The molecule has 1 aromatic rings. The van der Waals surface area contributed by atoms with Gasteiger partial charge in [0.1, 0.15) is 0 Å². The first-order valence-electron chi connectivity index (χ1n) is 2.46. The van der Waals surface area contributed by atoms with Gasteiger partial charge in [-0.15, -0.1) is 5.10 Å². The van der Waals surface area contributed by atoms with Gasteiger partial charge in [0.15, 0.2) is 11.6 Å². The summed E-state index contributed by atoms with van der Waals surface area (Å²) in [6, 6.07) is 0. The smallest absolute Gasteiger partial charge is 0.189 e. The van der Waals surface area contributed by atoms with Crippen LogP contribution in [0.5, 0.6) is 5.75 Å². The van der Waals surface area contributed by atoms with E-state index < -0.39 is 0 Å². The molecule has 0 aliphatic carbocycles. The van der Waals surface area contributed by atoms with E-state index in [1.807, 2.05) is 0 Å². The first kappa shape index (κ1) is 5.74. The second-order valence-corrected chi connectivity index (χ2v) is 1.57. The molecular weight excluding hydrogens is 120 g/mol. The van der Waals surface area contributed by atoms with Gasteiger partial charge in [-0.05, 0) is 0 Å². The Hall–Kier alpha value is -1.39. The molecular formula is C4H8N4O. The minimum absolute atomic E-state index is 0.00986. The molecule has 0 bridgehead atoms. The highest BCUT2D eigenvalue weighted by Gasteiger charge is 1.99. The first-order valence-corrected chi connectivity index (χ1v) is 2.46. The lowest BCUT2D eigenvalue weighted by Crippen LogP contribution is -2.08. The highest BCUT2D eigenvalue weighted by molar-refractivity contribution is 5.42. The molecule has 50 valence electrons. The van der Waals surface area contributed by atoms with E-state index in [0.717, 1.165) is 0 Å². The van der Waals surface area contributed by atoms with Crippen LogP contribution in [0.3, 0.4) is 0 Å². The third kappa shape index (κ3) is 0.883. The molecule has 0 unspecified atom stereocenters. The van der Waals surface area contributed by atoms with E-state index in [9.17, 15) is 0 Å². The number of nitrogens with one attached hydrogen (secondary N) is 1. The summed E-state index contributed by atoms with van der Waals surface area (Å²) in [5.74, 6) is 0.119. The number of nitrogens with zero attached hydrogens (tertiary/aromatic N) is 2. The maximum Gasteiger partial charge on any atom is 0.189 e. The van der Waals surface area contributed by atoms with Gasteiger partial charge in [0.25, 0.3) is 0 Å². The Balaban J connectivity index is 2.98. The molecule has 0 radical (unpaired) electrons. The molecule has 5 nitrogen and oxygen atoms in total. The zero-order valence-electron chi connectivity index (χ0n) is 5.00. The van der Waals surface area contributed by atoms with Gasteiger partial charge in [-0.1, -0.05) is 0 Å². The van der Waals surface area contributed by atoms with Crippen molar-refractivity contribution in [2.45, 2.75) is 0 Å². The molecule has 0 aliphatic heterocycles. The van der Waals surface area contributed by atoms with Gasteiger partial charge in [-0.25, -0.2) is 0 Å². The van der Waals surface area contributed by atoms with Gasteiger partial charge in [-0.2, -0.15) is 4.79 Å². The Morgan fingerprint density at radius 1 is 1.89 bits per heavy atom. The van der Waals surface area contributed by atoms with E-state index in [2.05, 4.69) is 10.5 Å². The fourth-order valence-corrected chi connectivity index (χ4v) is 0.493. The normalized spacial score (nSPS) is 9.44. The Kier molecular flexibility index (Phi) is 1.18. The standard InChI is InChI=1S/C4H8N4O/c1-6-8-2-3(9)4(5)7-8/h2,6,9H,1H3,(H2,5,7). The molecule has 0 saturated carbocycles. The van der Waals surface area contributed by atoms with Crippen molar-refractivity contribution in [2.75, 3.05) is 18.2 Å². The number of nitrogens with two attached hydrogens (primary N) is 1. The third-order valence-electron chi connectivity index (χ3n) is 0.952. The molecule has 0 aromatic carbocycles. The Morgan fingerprint density at radius 3 is 2.78 bits per heavy atom. The van der Waals surface area contributed by atoms with Crippen molar-refractivity contribution < 1.29 is 5.11 Å². The van der Waals surface area contributed by atoms with Crippen LogP contribution in [0.4, 0.5) is 5.82 Å². The van der Waals surface area contributed by atoms with Gasteiger partial charge in [0, 0.05) is 7.05 Å². The van der Waals surface area contributed by atoms with Crippen molar-refractivity contribution >= 4 is 5.82 Å². The van der Waals surface area contributed by atoms with Crippen LogP contribution in [-0.2, 0) is 0 Å². The van der Waals surface area contributed by atoms with E-state index in [4.69, 9.17) is 10.8 Å². The van der Waals surface area contributed by atoms with E-state index in [1.54, 1.807) is 7.05 Å². The average molecular weight is 128 g/mol. The third-order valence-corrected chi connectivity index (χ3v) is 0.952. The topological polar surface area (TPSA) is 76.1 Å². The van der Waals surface area contributed by atoms with E-state index in [0.29, 0.717) is 0 Å². The van der Waals surface area contributed by atoms with Crippen LogP contribution in [0.2, 0.25) is 0 Å². The number of hydrogen-bond acceptors (Lipinski definition) is 4. The van der Waals surface area contributed by atoms with Crippen molar-refractivity contribution in [2.24, 2.45) is 0 Å². The molecule has 9 heavy (non-hydrogen) atoms. The minimum atomic E-state index is -0.00986. The number of rotatable bonds is 1. The molecule has 0 aliphatic rings. The lowest BCUT2D eigenvalue weighted by atomic mass is 10.6. The summed E-state index contributed by atoms with van der Waals surface area (Å²) in [7, 11) is 1.67. The summed E-state index contributed by atoms with van der Waals surface area (Å²) in [5.41, 5.74) is 7.85. The van der Waals surface area contributed by atoms with E-state index in [-0.39, 0.29) is 11.6 Å². The quantitative estimate of drug-likeness (QED) is 0.469. The van der Waals surface area contributed by atoms with Crippen LogP contribution in [0, 0.1) is 0 Å². The average Bonchev–Trinajstić information content (AvgIpc) is 2.13. The molecule has 0 saturated heterocycles. The molecule has 1 aromatic heterocycles. The van der Waals surface area contributed by atoms with E-state index in [1.165, 1.54) is 11.0 Å². The predicted molar refractivity (Wildman–Crippen MR) is 33.6 cm³/mol. The zero-order chi connectivity index (χ0) is 6.85. The fraction of sp³-hybridized carbons (Fsp3) is 0.250. The van der Waals surface area contributed by atoms with E-state index >= 15 is 0 Å². The van der Waals surface area contributed by atoms with Crippen LogP contribution < -0.4 is 11.2 Å². The highest BCUT2D eigenvalue weighted by atomic mass is 16.3. The summed E-state index contributed by atoms with van der Waals surface area (Å²) in [4.78, 5) is 1.32. The summed E-state index contributed by atoms with van der Waals surface area (Å²) in [5, 5.41) is 12.5. The predicted octanol–water partition coefficient (Wildman–Crippen LogP) is -0.656. The van der Waals surface area contributed by atoms with Crippen molar-refractivity contribution in [1.29, 1.82) is 0 Å². The van der Waals surface area contributed by atoms with Crippen molar-refractivity contribution in [1.82, 2.24) is 9.89 Å². The molecule has 4 N–H and O–H groups in total. The summed E-state index contributed by atoms with van der Waals surface area (Å²) in [6.07, 6.45) is 1.38. The lowest BCUT2D eigenvalue weighted by Gasteiger charge is -1.92. The first-order chi connectivity index (χ1) is 4.24. The second kappa shape index (κ2) is 1.85. The molecule has 1 rings (SSSR count). The van der Waals surface area contributed by atoms with Gasteiger partial charge in [-0.3, -0.25) is 0 Å². The van der Waals surface area contributed by atoms with Crippen molar-refractivity contribution in [3.8, 4) is 5.75 Å². The van der Waals surface area contributed by atoms with Crippen LogP contribution in [-0.4, -0.2) is 22.0 Å². The Bertz CT molecular complexity index is 187. The fourth-order valence-electron chi connectivity index (χ4n) is 0.493. The number of hydrogen-bond donors (Lipinski definition) is 3. The summed E-state index contributed by atoms with van der Waals surface area (Å²) >= 11 is 0. The molecule has 0 amide bonds. The minimum Gasteiger partial charge on any atom is -0.503 e. The summed E-state index contributed by atoms with van der Waals surface area (Å²) < 4.78 is 0. The van der Waals surface area contributed by atoms with Crippen LogP contribution in [0.15, 0.2) is 6.20 Å². The lowest BCUT2D eigenvalue weighted by molar-refractivity contribution is 0.477. The van der Waals surface area contributed by atoms with Gasteiger partial charge in [0.2, 0.25) is 0 Å². The number of anilines is 1. The van der Waals surface area contributed by atoms with Crippen molar-refractivity contribution in [3.05, 3.63) is 6.20 Å². The molecule has 1 heterocycles. The number of aromatic hydroxyl groups is 1. The Morgan fingerprint density at radius 2 is 2.56 bits per heavy atom. The van der Waals surface area contributed by atoms with Crippen LogP contribution in [0.1, 0.15) is 0 Å². The monoisotopic (exact) mass is 128 g/mol. The number of aromatic nitrogens is 2. The SMILES string of the molecule is CNn1cc(O)c(N)n1. The maximum atomic E-state index is 8.82. The zero-order valence-corrected chi connectivity index (χ0v) is 5.00. The van der Waals surface area contributed by atoms with Crippen LogP contribution >= 0.6 is 0 Å². The molecule has 0 atom stereocenters. The molecule has 5 heteroatoms. The van der Waals surface area contributed by atoms with Crippen molar-refractivity contribution in [3.63, 3.8) is 0 Å².